The molecule has 0 aliphatic carbocycles. The molecule has 0 saturated carbocycles. The largest absolute Gasteiger partial charge is 0.483 e. The molecule has 0 spiro atoms. The lowest BCUT2D eigenvalue weighted by Crippen LogP contribution is -2.27. The highest BCUT2D eigenvalue weighted by Gasteiger charge is 2.16. The fourth-order valence-corrected chi connectivity index (χ4v) is 2.70. The first-order chi connectivity index (χ1) is 12.1. The number of piperidine rings is 1. The zero-order chi connectivity index (χ0) is 17.6. The number of rotatable bonds is 6. The second-order valence-electron chi connectivity index (χ2n) is 5.97. The van der Waals surface area contributed by atoms with Crippen molar-refractivity contribution < 1.29 is 9.66 Å². The van der Waals surface area contributed by atoms with Gasteiger partial charge in [0, 0.05) is 13.1 Å². The molecular weight excluding hydrogens is 322 g/mol. The molecule has 3 rings (SSSR count). The van der Waals surface area contributed by atoms with E-state index in [-0.39, 0.29) is 12.4 Å². The molecule has 0 unspecified atom stereocenters. The fraction of sp³-hybridized carbons (Fsp3) is 0.412. The van der Waals surface area contributed by atoms with Crippen LogP contribution < -0.4 is 4.74 Å². The van der Waals surface area contributed by atoms with E-state index in [9.17, 15) is 10.1 Å². The van der Waals surface area contributed by atoms with Gasteiger partial charge in [0.05, 0.1) is 19.1 Å². The Hall–Kier alpha value is -2.90. The van der Waals surface area contributed by atoms with Gasteiger partial charge >= 0.3 is 5.82 Å². The smallest absolute Gasteiger partial charge is 0.342 e. The van der Waals surface area contributed by atoms with E-state index in [1.54, 1.807) is 7.05 Å². The molecule has 0 atom stereocenters. The van der Waals surface area contributed by atoms with Gasteiger partial charge in [-0.1, -0.05) is 0 Å². The van der Waals surface area contributed by atoms with E-state index >= 15 is 0 Å². The summed E-state index contributed by atoms with van der Waals surface area (Å²) in [7, 11) is 1.60. The first kappa shape index (κ1) is 16.9. The Morgan fingerprint density at radius 2 is 2.00 bits per heavy atom. The van der Waals surface area contributed by atoms with Gasteiger partial charge in [0.1, 0.15) is 11.9 Å². The Morgan fingerprint density at radius 1 is 1.28 bits per heavy atom. The lowest BCUT2D eigenvalue weighted by Gasteiger charge is -2.23. The van der Waals surface area contributed by atoms with Crippen molar-refractivity contribution in [1.82, 2.24) is 14.5 Å². The van der Waals surface area contributed by atoms with E-state index in [1.165, 1.54) is 30.0 Å². The van der Waals surface area contributed by atoms with E-state index in [0.29, 0.717) is 11.6 Å². The average Bonchev–Trinajstić information content (AvgIpc) is 3.01. The molecule has 1 aromatic carbocycles. The quantitative estimate of drug-likeness (QED) is 0.348. The molecule has 8 heteroatoms. The number of hydrogen-bond acceptors (Lipinski definition) is 5. The molecule has 0 bridgehead atoms. The first-order valence-corrected chi connectivity index (χ1v) is 8.29. The van der Waals surface area contributed by atoms with Gasteiger partial charge in [-0.05, 0) is 48.5 Å². The van der Waals surface area contributed by atoms with E-state index < -0.39 is 4.92 Å². The van der Waals surface area contributed by atoms with Crippen LogP contribution in [0.2, 0.25) is 0 Å². The van der Waals surface area contributed by atoms with Crippen molar-refractivity contribution in [2.45, 2.75) is 25.9 Å². The van der Waals surface area contributed by atoms with Crippen LogP contribution in [-0.4, -0.2) is 38.8 Å². The highest BCUT2D eigenvalue weighted by Crippen LogP contribution is 2.20. The molecule has 0 amide bonds. The van der Waals surface area contributed by atoms with Crippen LogP contribution in [0.15, 0.2) is 35.5 Å². The molecule has 1 saturated heterocycles. The molecule has 8 nitrogen and oxygen atoms in total. The molecule has 0 N–H and O–H groups in total. The van der Waals surface area contributed by atoms with Gasteiger partial charge in [-0.3, -0.25) is 0 Å². The van der Waals surface area contributed by atoms with Gasteiger partial charge in [0.15, 0.2) is 6.61 Å². The summed E-state index contributed by atoms with van der Waals surface area (Å²) < 4.78 is 7.06. The van der Waals surface area contributed by atoms with Gasteiger partial charge in [0.2, 0.25) is 5.82 Å². The number of likely N-dealkylation sites (tertiary alicyclic amines) is 1. The van der Waals surface area contributed by atoms with Crippen LogP contribution in [0.25, 0.3) is 0 Å². The molecule has 0 radical (unpaired) electrons. The van der Waals surface area contributed by atoms with E-state index in [4.69, 9.17) is 4.74 Å². The lowest BCUT2D eigenvalue weighted by atomic mass is 10.1. The fourth-order valence-electron chi connectivity index (χ4n) is 2.70. The van der Waals surface area contributed by atoms with Gasteiger partial charge in [-0.15, -0.1) is 0 Å². The molecule has 1 fully saturated rings. The number of aromatic nitrogens is 2. The van der Waals surface area contributed by atoms with Crippen LogP contribution in [0.1, 0.15) is 25.1 Å². The number of nitrogens with zero attached hydrogens (tertiary/aromatic N) is 5. The number of imidazole rings is 1. The molecule has 1 aromatic heterocycles. The second kappa shape index (κ2) is 7.78. The average molecular weight is 343 g/mol. The summed E-state index contributed by atoms with van der Waals surface area (Å²) in [4.78, 5) is 21.1. The van der Waals surface area contributed by atoms with Gasteiger partial charge in [-0.25, -0.2) is 14.5 Å². The Kier molecular flexibility index (Phi) is 5.27. The summed E-state index contributed by atoms with van der Waals surface area (Å²) in [6.07, 6.45) is 6.89. The number of benzene rings is 1. The number of nitro groups is 1. The van der Waals surface area contributed by atoms with Crippen LogP contribution in [0, 0.1) is 10.1 Å². The number of aliphatic imine (C=N–C) groups is 1. The van der Waals surface area contributed by atoms with E-state index in [1.807, 2.05) is 30.6 Å². The summed E-state index contributed by atoms with van der Waals surface area (Å²) >= 11 is 0. The zero-order valence-electron chi connectivity index (χ0n) is 14.2. The third kappa shape index (κ3) is 4.34. The van der Waals surface area contributed by atoms with E-state index in [0.717, 1.165) is 18.8 Å². The molecule has 2 heterocycles. The Balaban J connectivity index is 1.55. The third-order valence-electron chi connectivity index (χ3n) is 4.21. The standard InChI is InChI=1S/C17H21N5O3/c1-20-16(18-11-17(20)22(23)24)12-25-15-7-5-14(6-8-15)19-13-21-9-3-2-4-10-21/h5-8,11,13H,2-4,9-10,12H2,1H3. The van der Waals surface area contributed by atoms with Crippen molar-refractivity contribution in [1.29, 1.82) is 0 Å². The van der Waals surface area contributed by atoms with Crippen LogP contribution in [-0.2, 0) is 13.7 Å². The minimum atomic E-state index is -0.467. The van der Waals surface area contributed by atoms with Crippen molar-refractivity contribution in [3.63, 3.8) is 0 Å². The summed E-state index contributed by atoms with van der Waals surface area (Å²) in [5.41, 5.74) is 0.866. The van der Waals surface area contributed by atoms with E-state index in [2.05, 4.69) is 14.9 Å². The SMILES string of the molecule is Cn1c([N+](=O)[O-])cnc1COc1ccc(N=CN2CCCCC2)cc1. The number of hydrogen-bond donors (Lipinski definition) is 0. The summed E-state index contributed by atoms with van der Waals surface area (Å²) in [6.45, 7) is 2.31. The zero-order valence-corrected chi connectivity index (χ0v) is 14.2. The maximum Gasteiger partial charge on any atom is 0.342 e. The predicted molar refractivity (Wildman–Crippen MR) is 94.2 cm³/mol. The molecule has 1 aliphatic heterocycles. The molecule has 25 heavy (non-hydrogen) atoms. The Morgan fingerprint density at radius 3 is 2.64 bits per heavy atom. The molecule has 1 aliphatic rings. The third-order valence-corrected chi connectivity index (χ3v) is 4.21. The first-order valence-electron chi connectivity index (χ1n) is 8.29. The molecular formula is C17H21N5O3. The van der Waals surface area contributed by atoms with Crippen molar-refractivity contribution in [2.75, 3.05) is 13.1 Å². The summed E-state index contributed by atoms with van der Waals surface area (Å²) in [6, 6.07) is 7.44. The highest BCUT2D eigenvalue weighted by molar-refractivity contribution is 5.61. The minimum absolute atomic E-state index is 0.0546. The highest BCUT2D eigenvalue weighted by atomic mass is 16.6. The van der Waals surface area contributed by atoms with Gasteiger partial charge in [0.25, 0.3) is 0 Å². The topological polar surface area (TPSA) is 85.8 Å². The van der Waals surface area contributed by atoms with Crippen molar-refractivity contribution >= 4 is 17.8 Å². The van der Waals surface area contributed by atoms with Crippen LogP contribution in [0.5, 0.6) is 5.75 Å². The van der Waals surface area contributed by atoms with Crippen molar-refractivity contribution in [3.8, 4) is 5.75 Å². The van der Waals surface area contributed by atoms with Crippen molar-refractivity contribution in [3.05, 3.63) is 46.4 Å². The molecule has 132 valence electrons. The lowest BCUT2D eigenvalue weighted by molar-refractivity contribution is -0.391. The van der Waals surface area contributed by atoms with Gasteiger partial charge < -0.3 is 19.8 Å². The predicted octanol–water partition coefficient (Wildman–Crippen LogP) is 3.05. The number of ether oxygens (including phenoxy) is 1. The monoisotopic (exact) mass is 343 g/mol. The summed E-state index contributed by atoms with van der Waals surface area (Å²) in [5, 5.41) is 10.8. The minimum Gasteiger partial charge on any atom is -0.483 e. The van der Waals surface area contributed by atoms with Crippen LogP contribution >= 0.6 is 0 Å². The summed E-state index contributed by atoms with van der Waals surface area (Å²) in [5.74, 6) is 1.11. The van der Waals surface area contributed by atoms with Gasteiger partial charge in [-0.2, -0.15) is 0 Å². The van der Waals surface area contributed by atoms with Crippen molar-refractivity contribution in [2.24, 2.45) is 12.0 Å². The van der Waals surface area contributed by atoms with Crippen LogP contribution in [0.3, 0.4) is 0 Å². The maximum absolute atomic E-state index is 10.8. The normalized spacial score (nSPS) is 14.8. The second-order valence-corrected chi connectivity index (χ2v) is 5.97. The Bertz CT molecular complexity index is 748. The molecule has 2 aromatic rings. The van der Waals surface area contributed by atoms with Crippen LogP contribution in [0.4, 0.5) is 11.5 Å². The Labute approximate surface area is 145 Å². The maximum atomic E-state index is 10.8.